The largest absolute Gasteiger partial charge is 0.508 e. The van der Waals surface area contributed by atoms with Crippen LogP contribution in [-0.4, -0.2) is 40.7 Å². The second kappa shape index (κ2) is 5.05. The lowest BCUT2D eigenvalue weighted by atomic mass is 10.0. The van der Waals surface area contributed by atoms with E-state index in [1.165, 1.54) is 12.1 Å². The van der Waals surface area contributed by atoms with E-state index in [4.69, 9.17) is 10.2 Å². The molecule has 2 rings (SSSR count). The van der Waals surface area contributed by atoms with Crippen LogP contribution in [0.1, 0.15) is 5.56 Å². The minimum Gasteiger partial charge on any atom is -0.508 e. The van der Waals surface area contributed by atoms with Gasteiger partial charge in [-0.2, -0.15) is 0 Å². The number of hydrogen-bond donors (Lipinski definition) is 4. The number of nitrogens with one attached hydrogen (secondary N) is 2. The molecule has 1 aliphatic rings. The minimum absolute atomic E-state index is 0.149. The van der Waals surface area contributed by atoms with Crippen LogP contribution in [0, 0.1) is 0 Å². The van der Waals surface area contributed by atoms with Crippen LogP contribution in [0.3, 0.4) is 0 Å². The minimum atomic E-state index is -0.867. The molecular weight excluding hydrogens is 236 g/mol. The van der Waals surface area contributed by atoms with Crippen molar-refractivity contribution in [2.75, 3.05) is 6.61 Å². The number of rotatable bonds is 3. The van der Waals surface area contributed by atoms with Gasteiger partial charge in [0.15, 0.2) is 0 Å². The summed E-state index contributed by atoms with van der Waals surface area (Å²) in [6.07, 6.45) is 0.343. The van der Waals surface area contributed by atoms with Gasteiger partial charge in [-0.25, -0.2) is 0 Å². The molecule has 1 heterocycles. The zero-order valence-corrected chi connectivity index (χ0v) is 9.59. The van der Waals surface area contributed by atoms with Crippen molar-refractivity contribution in [3.63, 3.8) is 0 Å². The molecule has 2 unspecified atom stereocenters. The molecule has 0 aromatic heterocycles. The fraction of sp³-hybridized carbons (Fsp3) is 0.333. The molecule has 1 fully saturated rings. The molecule has 1 aromatic carbocycles. The lowest BCUT2D eigenvalue weighted by Gasteiger charge is -2.28. The Labute approximate surface area is 104 Å². The molecule has 1 aliphatic heterocycles. The summed E-state index contributed by atoms with van der Waals surface area (Å²) in [6.45, 7) is -0.413. The number of benzene rings is 1. The van der Waals surface area contributed by atoms with Crippen LogP contribution in [0.5, 0.6) is 5.75 Å². The Morgan fingerprint density at radius 3 is 2.17 bits per heavy atom. The highest BCUT2D eigenvalue weighted by Gasteiger charge is 2.32. The van der Waals surface area contributed by atoms with E-state index in [9.17, 15) is 9.59 Å². The monoisotopic (exact) mass is 250 g/mol. The van der Waals surface area contributed by atoms with E-state index in [1.54, 1.807) is 12.1 Å². The molecule has 0 spiro atoms. The zero-order chi connectivity index (χ0) is 13.1. The van der Waals surface area contributed by atoms with Gasteiger partial charge in [0.2, 0.25) is 11.8 Å². The molecule has 0 saturated carbocycles. The van der Waals surface area contributed by atoms with E-state index in [0.717, 1.165) is 5.56 Å². The van der Waals surface area contributed by atoms with E-state index in [0.29, 0.717) is 6.42 Å². The third-order valence-electron chi connectivity index (χ3n) is 2.82. The van der Waals surface area contributed by atoms with Crippen molar-refractivity contribution in [1.29, 1.82) is 0 Å². The molecule has 6 heteroatoms. The van der Waals surface area contributed by atoms with Crippen molar-refractivity contribution in [2.45, 2.75) is 18.5 Å². The normalized spacial score (nSPS) is 23.4. The highest BCUT2D eigenvalue weighted by atomic mass is 16.3. The van der Waals surface area contributed by atoms with Crippen molar-refractivity contribution in [2.24, 2.45) is 0 Å². The highest BCUT2D eigenvalue weighted by molar-refractivity contribution is 5.97. The molecule has 4 N–H and O–H groups in total. The molecule has 96 valence electrons. The van der Waals surface area contributed by atoms with Crippen molar-refractivity contribution >= 4 is 11.8 Å². The molecule has 2 amide bonds. The maximum Gasteiger partial charge on any atom is 0.245 e. The van der Waals surface area contributed by atoms with Gasteiger partial charge in [0.25, 0.3) is 0 Å². The van der Waals surface area contributed by atoms with Gasteiger partial charge in [-0.15, -0.1) is 0 Å². The van der Waals surface area contributed by atoms with Crippen LogP contribution in [0.15, 0.2) is 24.3 Å². The van der Waals surface area contributed by atoms with Crippen molar-refractivity contribution < 1.29 is 19.8 Å². The van der Waals surface area contributed by atoms with Gasteiger partial charge < -0.3 is 20.8 Å². The Balaban J connectivity index is 2.04. The first kappa shape index (κ1) is 12.4. The number of phenols is 1. The van der Waals surface area contributed by atoms with Crippen molar-refractivity contribution in [1.82, 2.24) is 10.6 Å². The number of hydrogen-bond acceptors (Lipinski definition) is 4. The van der Waals surface area contributed by atoms with E-state index in [1.807, 2.05) is 0 Å². The SMILES string of the molecule is O=C1NC(Cc2ccc(O)cc2)C(=O)NC1CO. The van der Waals surface area contributed by atoms with E-state index < -0.39 is 18.7 Å². The lowest BCUT2D eigenvalue weighted by molar-refractivity contribution is -0.137. The molecule has 18 heavy (non-hydrogen) atoms. The fourth-order valence-corrected chi connectivity index (χ4v) is 1.82. The molecule has 1 aromatic rings. The zero-order valence-electron chi connectivity index (χ0n) is 9.59. The Morgan fingerprint density at radius 1 is 1.00 bits per heavy atom. The summed E-state index contributed by atoms with van der Waals surface area (Å²) in [6, 6.07) is 4.90. The van der Waals surface area contributed by atoms with Gasteiger partial charge in [0.05, 0.1) is 6.61 Å². The standard InChI is InChI=1S/C12H14N2O4/c15-6-10-12(18)13-9(11(17)14-10)5-7-1-3-8(16)4-2-7/h1-4,9-10,15-16H,5-6H2,(H,13,18)(H,14,17). The maximum absolute atomic E-state index is 11.7. The van der Waals surface area contributed by atoms with Crippen molar-refractivity contribution in [3.05, 3.63) is 29.8 Å². The van der Waals surface area contributed by atoms with Crippen LogP contribution < -0.4 is 10.6 Å². The molecule has 2 atom stereocenters. The topological polar surface area (TPSA) is 98.7 Å². The summed E-state index contributed by atoms with van der Waals surface area (Å²) in [5.41, 5.74) is 0.829. The molecule has 6 nitrogen and oxygen atoms in total. The smallest absolute Gasteiger partial charge is 0.245 e. The summed E-state index contributed by atoms with van der Waals surface area (Å²) < 4.78 is 0. The van der Waals surface area contributed by atoms with Crippen LogP contribution in [0.25, 0.3) is 0 Å². The number of amides is 2. The Morgan fingerprint density at radius 2 is 1.56 bits per heavy atom. The van der Waals surface area contributed by atoms with Gasteiger partial charge in [-0.3, -0.25) is 9.59 Å². The predicted octanol–water partition coefficient (Wildman–Crippen LogP) is -1.09. The second-order valence-corrected chi connectivity index (χ2v) is 4.18. The summed E-state index contributed by atoms with van der Waals surface area (Å²) in [7, 11) is 0. The number of aliphatic hydroxyl groups is 1. The quantitative estimate of drug-likeness (QED) is 0.548. The Kier molecular flexibility index (Phi) is 3.47. The van der Waals surface area contributed by atoms with Gasteiger partial charge >= 0.3 is 0 Å². The van der Waals surface area contributed by atoms with Gasteiger partial charge in [0.1, 0.15) is 17.8 Å². The van der Waals surface area contributed by atoms with E-state index >= 15 is 0 Å². The molecule has 0 aliphatic carbocycles. The van der Waals surface area contributed by atoms with E-state index in [-0.39, 0.29) is 17.6 Å². The maximum atomic E-state index is 11.7. The van der Waals surface area contributed by atoms with Crippen LogP contribution in [0.4, 0.5) is 0 Å². The van der Waals surface area contributed by atoms with Crippen LogP contribution >= 0.6 is 0 Å². The highest BCUT2D eigenvalue weighted by Crippen LogP contribution is 2.12. The number of aromatic hydroxyl groups is 1. The Bertz CT molecular complexity index is 458. The average molecular weight is 250 g/mol. The molecule has 1 saturated heterocycles. The third-order valence-corrected chi connectivity index (χ3v) is 2.82. The van der Waals surface area contributed by atoms with E-state index in [2.05, 4.69) is 10.6 Å². The summed E-state index contributed by atoms with van der Waals surface area (Å²) >= 11 is 0. The first-order valence-corrected chi connectivity index (χ1v) is 5.59. The lowest BCUT2D eigenvalue weighted by Crippen LogP contribution is -2.63. The Hall–Kier alpha value is -2.08. The van der Waals surface area contributed by atoms with Gasteiger partial charge in [0, 0.05) is 6.42 Å². The number of carbonyl (C=O) groups is 2. The summed E-state index contributed by atoms with van der Waals surface area (Å²) in [4.78, 5) is 23.2. The van der Waals surface area contributed by atoms with Gasteiger partial charge in [-0.1, -0.05) is 12.1 Å². The second-order valence-electron chi connectivity index (χ2n) is 4.18. The summed E-state index contributed by atoms with van der Waals surface area (Å²) in [5.74, 6) is -0.557. The average Bonchev–Trinajstić information content (AvgIpc) is 2.36. The predicted molar refractivity (Wildman–Crippen MR) is 62.8 cm³/mol. The molecule has 0 bridgehead atoms. The number of aliphatic hydroxyl groups excluding tert-OH is 1. The van der Waals surface area contributed by atoms with Crippen LogP contribution in [0.2, 0.25) is 0 Å². The number of carbonyl (C=O) groups excluding carboxylic acids is 2. The number of piperazine rings is 1. The fourth-order valence-electron chi connectivity index (χ4n) is 1.82. The van der Waals surface area contributed by atoms with Crippen LogP contribution in [-0.2, 0) is 16.0 Å². The first-order valence-electron chi connectivity index (χ1n) is 5.59. The third kappa shape index (κ3) is 2.60. The number of phenolic OH excluding ortho intramolecular Hbond substituents is 1. The first-order chi connectivity index (χ1) is 8.60. The molecule has 0 radical (unpaired) electrons. The summed E-state index contributed by atoms with van der Waals surface area (Å²) in [5, 5.41) is 23.0. The molecular formula is C12H14N2O4. The van der Waals surface area contributed by atoms with Crippen molar-refractivity contribution in [3.8, 4) is 5.75 Å². The van der Waals surface area contributed by atoms with Gasteiger partial charge in [-0.05, 0) is 17.7 Å².